The maximum absolute atomic E-state index is 12.4. The molecule has 3 rings (SSSR count). The summed E-state index contributed by atoms with van der Waals surface area (Å²) in [4.78, 5) is 12.4. The van der Waals surface area contributed by atoms with Gasteiger partial charge in [-0.25, -0.2) is 0 Å². The van der Waals surface area contributed by atoms with E-state index in [1.807, 2.05) is 13.0 Å². The Labute approximate surface area is 139 Å². The molecular formula is C20H29NO2. The summed E-state index contributed by atoms with van der Waals surface area (Å²) >= 11 is 0. The van der Waals surface area contributed by atoms with Crippen LogP contribution in [0.4, 0.5) is 0 Å². The molecule has 0 aliphatic heterocycles. The van der Waals surface area contributed by atoms with E-state index in [2.05, 4.69) is 17.4 Å². The lowest BCUT2D eigenvalue weighted by Gasteiger charge is -2.21. The first-order valence-corrected chi connectivity index (χ1v) is 9.31. The number of hydrogen-bond acceptors (Lipinski definition) is 2. The van der Waals surface area contributed by atoms with E-state index in [1.165, 1.54) is 56.1 Å². The highest BCUT2D eigenvalue weighted by atomic mass is 16.5. The SMILES string of the molecule is CC(Oc1ccc2c(c1)CCCC2)C(=O)NC1CCCCCC1. The lowest BCUT2D eigenvalue weighted by molar-refractivity contribution is -0.128. The topological polar surface area (TPSA) is 38.3 Å². The Bertz CT molecular complexity index is 532. The molecule has 1 aromatic rings. The van der Waals surface area contributed by atoms with Crippen molar-refractivity contribution in [3.63, 3.8) is 0 Å². The fourth-order valence-corrected chi connectivity index (χ4v) is 3.78. The number of carbonyl (C=O) groups excluding carboxylic acids is 1. The number of benzene rings is 1. The summed E-state index contributed by atoms with van der Waals surface area (Å²) in [5, 5.41) is 3.18. The van der Waals surface area contributed by atoms with Gasteiger partial charge in [0.1, 0.15) is 5.75 Å². The number of hydrogen-bond donors (Lipinski definition) is 1. The molecule has 0 aromatic heterocycles. The first-order valence-electron chi connectivity index (χ1n) is 9.31. The summed E-state index contributed by atoms with van der Waals surface area (Å²) in [6.07, 6.45) is 11.7. The van der Waals surface area contributed by atoms with Crippen LogP contribution in [0.15, 0.2) is 18.2 Å². The lowest BCUT2D eigenvalue weighted by atomic mass is 9.92. The summed E-state index contributed by atoms with van der Waals surface area (Å²) < 4.78 is 5.90. The standard InChI is InChI=1S/C20H29NO2/c1-15(20(22)21-18-10-4-2-3-5-11-18)23-19-13-12-16-8-6-7-9-17(16)14-19/h12-15,18H,2-11H2,1H3,(H,21,22). The number of nitrogens with one attached hydrogen (secondary N) is 1. The van der Waals surface area contributed by atoms with Gasteiger partial charge in [-0.2, -0.15) is 0 Å². The van der Waals surface area contributed by atoms with E-state index in [1.54, 1.807) is 0 Å². The molecule has 1 fully saturated rings. The molecule has 0 saturated heterocycles. The van der Waals surface area contributed by atoms with Crippen molar-refractivity contribution in [1.82, 2.24) is 5.32 Å². The average molecular weight is 315 g/mol. The Hall–Kier alpha value is -1.51. The van der Waals surface area contributed by atoms with Gasteiger partial charge in [-0.1, -0.05) is 31.7 Å². The fourth-order valence-electron chi connectivity index (χ4n) is 3.78. The molecule has 2 aliphatic rings. The van der Waals surface area contributed by atoms with E-state index in [9.17, 15) is 4.79 Å². The second-order valence-electron chi connectivity index (χ2n) is 7.09. The molecule has 1 unspecified atom stereocenters. The second kappa shape index (κ2) is 7.85. The molecule has 23 heavy (non-hydrogen) atoms. The number of fused-ring (bicyclic) bond motifs is 1. The maximum atomic E-state index is 12.4. The van der Waals surface area contributed by atoms with Crippen LogP contribution in [0.5, 0.6) is 5.75 Å². The van der Waals surface area contributed by atoms with E-state index in [-0.39, 0.29) is 5.91 Å². The van der Waals surface area contributed by atoms with Gasteiger partial charge in [0.2, 0.25) is 0 Å². The monoisotopic (exact) mass is 315 g/mol. The molecule has 1 N–H and O–H groups in total. The highest BCUT2D eigenvalue weighted by molar-refractivity contribution is 5.81. The van der Waals surface area contributed by atoms with Crippen LogP contribution in [0.1, 0.15) is 69.4 Å². The third-order valence-electron chi connectivity index (χ3n) is 5.20. The molecule has 0 bridgehead atoms. The number of amides is 1. The van der Waals surface area contributed by atoms with Gasteiger partial charge in [0, 0.05) is 6.04 Å². The smallest absolute Gasteiger partial charge is 0.260 e. The third kappa shape index (κ3) is 4.49. The minimum atomic E-state index is -0.431. The van der Waals surface area contributed by atoms with Gasteiger partial charge in [0.25, 0.3) is 5.91 Å². The molecule has 1 aromatic carbocycles. The van der Waals surface area contributed by atoms with Crippen LogP contribution in [0.2, 0.25) is 0 Å². The highest BCUT2D eigenvalue weighted by Crippen LogP contribution is 2.26. The van der Waals surface area contributed by atoms with Crippen LogP contribution in [0, 0.1) is 0 Å². The minimum absolute atomic E-state index is 0.0228. The summed E-state index contributed by atoms with van der Waals surface area (Å²) in [5.74, 6) is 0.851. The van der Waals surface area contributed by atoms with Gasteiger partial charge in [-0.15, -0.1) is 0 Å². The Kier molecular flexibility index (Phi) is 5.58. The Morgan fingerprint density at radius 2 is 1.74 bits per heavy atom. The van der Waals surface area contributed by atoms with E-state index in [4.69, 9.17) is 4.74 Å². The van der Waals surface area contributed by atoms with Gasteiger partial charge < -0.3 is 10.1 Å². The van der Waals surface area contributed by atoms with E-state index in [0.29, 0.717) is 6.04 Å². The zero-order valence-corrected chi connectivity index (χ0v) is 14.3. The van der Waals surface area contributed by atoms with Gasteiger partial charge in [0.15, 0.2) is 6.10 Å². The molecule has 0 radical (unpaired) electrons. The minimum Gasteiger partial charge on any atom is -0.481 e. The van der Waals surface area contributed by atoms with Crippen LogP contribution < -0.4 is 10.1 Å². The normalized spacial score (nSPS) is 20.2. The molecular weight excluding hydrogens is 286 g/mol. The van der Waals surface area contributed by atoms with Crippen molar-refractivity contribution < 1.29 is 9.53 Å². The lowest BCUT2D eigenvalue weighted by Crippen LogP contribution is -2.42. The number of ether oxygens (including phenoxy) is 1. The number of carbonyl (C=O) groups is 1. The zero-order valence-electron chi connectivity index (χ0n) is 14.3. The van der Waals surface area contributed by atoms with Gasteiger partial charge in [-0.3, -0.25) is 4.79 Å². The first-order chi connectivity index (χ1) is 11.2. The molecule has 2 aliphatic carbocycles. The summed E-state index contributed by atoms with van der Waals surface area (Å²) in [7, 11) is 0. The fraction of sp³-hybridized carbons (Fsp3) is 0.650. The summed E-state index contributed by atoms with van der Waals surface area (Å²) in [5.41, 5.74) is 2.84. The van der Waals surface area contributed by atoms with Gasteiger partial charge >= 0.3 is 0 Å². The van der Waals surface area contributed by atoms with Gasteiger partial charge in [0.05, 0.1) is 0 Å². The zero-order chi connectivity index (χ0) is 16.1. The molecule has 0 heterocycles. The van der Waals surface area contributed by atoms with Crippen molar-refractivity contribution in [2.45, 2.75) is 83.3 Å². The Morgan fingerprint density at radius 1 is 1.04 bits per heavy atom. The molecule has 1 saturated carbocycles. The second-order valence-corrected chi connectivity index (χ2v) is 7.09. The van der Waals surface area contributed by atoms with Crippen LogP contribution in [-0.2, 0) is 17.6 Å². The van der Waals surface area contributed by atoms with Crippen LogP contribution in [0.25, 0.3) is 0 Å². The van der Waals surface area contributed by atoms with Crippen molar-refractivity contribution in [2.75, 3.05) is 0 Å². The molecule has 3 heteroatoms. The quantitative estimate of drug-likeness (QED) is 0.847. The van der Waals surface area contributed by atoms with Crippen LogP contribution in [-0.4, -0.2) is 18.1 Å². The Balaban J connectivity index is 1.55. The largest absolute Gasteiger partial charge is 0.481 e. The van der Waals surface area contributed by atoms with E-state index >= 15 is 0 Å². The number of rotatable bonds is 4. The van der Waals surface area contributed by atoms with Crippen LogP contribution in [0.3, 0.4) is 0 Å². The van der Waals surface area contributed by atoms with E-state index < -0.39 is 6.10 Å². The van der Waals surface area contributed by atoms with Gasteiger partial charge in [-0.05, 0) is 68.7 Å². The van der Waals surface area contributed by atoms with E-state index in [0.717, 1.165) is 25.0 Å². The molecule has 3 nitrogen and oxygen atoms in total. The predicted octanol–water partition coefficient (Wildman–Crippen LogP) is 4.17. The number of aryl methyl sites for hydroxylation is 2. The average Bonchev–Trinajstić information content (AvgIpc) is 2.83. The van der Waals surface area contributed by atoms with Crippen molar-refractivity contribution >= 4 is 5.91 Å². The summed E-state index contributed by atoms with van der Waals surface area (Å²) in [6.45, 7) is 1.85. The Morgan fingerprint density at radius 3 is 2.48 bits per heavy atom. The molecule has 126 valence electrons. The maximum Gasteiger partial charge on any atom is 0.260 e. The third-order valence-corrected chi connectivity index (χ3v) is 5.20. The van der Waals surface area contributed by atoms with Crippen molar-refractivity contribution in [3.8, 4) is 5.75 Å². The predicted molar refractivity (Wildman–Crippen MR) is 92.8 cm³/mol. The molecule has 1 amide bonds. The van der Waals surface area contributed by atoms with Crippen molar-refractivity contribution in [1.29, 1.82) is 0 Å². The summed E-state index contributed by atoms with van der Waals surface area (Å²) in [6, 6.07) is 6.64. The van der Waals surface area contributed by atoms with Crippen molar-refractivity contribution in [2.24, 2.45) is 0 Å². The van der Waals surface area contributed by atoms with Crippen molar-refractivity contribution in [3.05, 3.63) is 29.3 Å². The highest BCUT2D eigenvalue weighted by Gasteiger charge is 2.20. The van der Waals surface area contributed by atoms with Crippen LogP contribution >= 0.6 is 0 Å². The molecule has 1 atom stereocenters. The molecule has 0 spiro atoms. The first kappa shape index (κ1) is 16.4.